The predicted molar refractivity (Wildman–Crippen MR) is 45.6 cm³/mol. The summed E-state index contributed by atoms with van der Waals surface area (Å²) in [5.41, 5.74) is 0. The molecule has 0 radical (unpaired) electrons. The Labute approximate surface area is 91.8 Å². The van der Waals surface area contributed by atoms with Gasteiger partial charge in [0.1, 0.15) is 0 Å². The van der Waals surface area contributed by atoms with Crippen molar-refractivity contribution in [2.45, 2.75) is 14.8 Å². The van der Waals surface area contributed by atoms with E-state index in [9.17, 15) is 13.2 Å². The highest BCUT2D eigenvalue weighted by Gasteiger charge is 2.64. The number of alkyl halides is 8. The lowest BCUT2D eigenvalue weighted by molar-refractivity contribution is -0.143. The quantitative estimate of drug-likeness (QED) is 0.669. The highest BCUT2D eigenvalue weighted by Crippen LogP contribution is 2.52. The number of rotatable bonds is 2. The third-order valence-corrected chi connectivity index (χ3v) is 3.95. The molecule has 0 unspecified atom stereocenters. The second kappa shape index (κ2) is 3.77. The van der Waals surface area contributed by atoms with E-state index < -0.39 is 20.7 Å². The molecule has 0 atom stereocenters. The van der Waals surface area contributed by atoms with Gasteiger partial charge in [0.15, 0.2) is 4.33 Å². The van der Waals surface area contributed by atoms with Crippen LogP contribution in [0.4, 0.5) is 13.2 Å². The first-order valence-corrected chi connectivity index (χ1v) is 4.49. The van der Waals surface area contributed by atoms with E-state index in [1.807, 2.05) is 0 Å². The SMILES string of the molecule is FC(F)(F)C(Cl)(Cl)C(Cl)(Cl)CCl. The van der Waals surface area contributed by atoms with E-state index in [1.54, 1.807) is 0 Å². The molecule has 12 heavy (non-hydrogen) atoms. The van der Waals surface area contributed by atoms with Crippen molar-refractivity contribution in [1.82, 2.24) is 0 Å². The zero-order chi connectivity index (χ0) is 10.2. The first-order chi connectivity index (χ1) is 5.06. The van der Waals surface area contributed by atoms with Gasteiger partial charge in [-0.15, -0.1) is 11.6 Å². The molecular formula is C4H2Cl5F3. The van der Waals surface area contributed by atoms with Crippen LogP contribution in [-0.2, 0) is 0 Å². The van der Waals surface area contributed by atoms with Gasteiger partial charge in [0.2, 0.25) is 4.33 Å². The van der Waals surface area contributed by atoms with Gasteiger partial charge < -0.3 is 0 Å². The molecule has 0 amide bonds. The maximum atomic E-state index is 12.0. The molecule has 0 rings (SSSR count). The second-order valence-corrected chi connectivity index (χ2v) is 4.99. The van der Waals surface area contributed by atoms with Gasteiger partial charge in [-0.2, -0.15) is 13.2 Å². The molecule has 0 saturated carbocycles. The van der Waals surface area contributed by atoms with Crippen LogP contribution >= 0.6 is 58.0 Å². The fourth-order valence-electron chi connectivity index (χ4n) is 0.291. The third kappa shape index (κ3) is 2.38. The number of halogens is 8. The van der Waals surface area contributed by atoms with E-state index in [1.165, 1.54) is 0 Å². The molecule has 0 heterocycles. The van der Waals surface area contributed by atoms with Crippen LogP contribution in [0.5, 0.6) is 0 Å². The largest absolute Gasteiger partial charge is 0.424 e. The van der Waals surface area contributed by atoms with Crippen LogP contribution in [0.25, 0.3) is 0 Å². The summed E-state index contributed by atoms with van der Waals surface area (Å²) in [6, 6.07) is 0. The Bertz CT molecular complexity index is 163. The Morgan fingerprint density at radius 2 is 1.25 bits per heavy atom. The van der Waals surface area contributed by atoms with Crippen molar-refractivity contribution in [3.63, 3.8) is 0 Å². The van der Waals surface area contributed by atoms with Crippen molar-refractivity contribution in [1.29, 1.82) is 0 Å². The number of hydrogen-bond acceptors (Lipinski definition) is 0. The molecule has 0 fully saturated rings. The highest BCUT2D eigenvalue weighted by atomic mass is 35.5. The summed E-state index contributed by atoms with van der Waals surface area (Å²) >= 11 is 25.1. The molecule has 74 valence electrons. The summed E-state index contributed by atoms with van der Waals surface area (Å²) < 4.78 is 30.3. The minimum atomic E-state index is -4.94. The average molecular weight is 284 g/mol. The zero-order valence-electron chi connectivity index (χ0n) is 5.23. The molecule has 0 aromatic heterocycles. The van der Waals surface area contributed by atoms with Crippen molar-refractivity contribution < 1.29 is 13.2 Å². The smallest absolute Gasteiger partial charge is 0.168 e. The van der Waals surface area contributed by atoms with Gasteiger partial charge in [0.05, 0.1) is 5.88 Å². The van der Waals surface area contributed by atoms with E-state index in [2.05, 4.69) is 0 Å². The lowest BCUT2D eigenvalue weighted by atomic mass is 10.3. The second-order valence-electron chi connectivity index (χ2n) is 1.91. The van der Waals surface area contributed by atoms with Gasteiger partial charge in [-0.1, -0.05) is 46.4 Å². The van der Waals surface area contributed by atoms with Crippen LogP contribution < -0.4 is 0 Å². The lowest BCUT2D eigenvalue weighted by Gasteiger charge is -2.32. The maximum Gasteiger partial charge on any atom is 0.424 e. The average Bonchev–Trinajstić information content (AvgIpc) is 1.85. The van der Waals surface area contributed by atoms with E-state index in [0.29, 0.717) is 0 Å². The van der Waals surface area contributed by atoms with Crippen molar-refractivity contribution in [3.8, 4) is 0 Å². The van der Waals surface area contributed by atoms with Crippen LogP contribution in [0.2, 0.25) is 0 Å². The van der Waals surface area contributed by atoms with Crippen LogP contribution in [0, 0.1) is 0 Å². The molecule has 0 nitrogen and oxygen atoms in total. The first-order valence-electron chi connectivity index (χ1n) is 2.44. The molecule has 0 aliphatic rings. The monoisotopic (exact) mass is 282 g/mol. The van der Waals surface area contributed by atoms with Crippen molar-refractivity contribution in [2.24, 2.45) is 0 Å². The van der Waals surface area contributed by atoms with Crippen LogP contribution in [0.1, 0.15) is 0 Å². The maximum absolute atomic E-state index is 12.0. The van der Waals surface area contributed by atoms with E-state index >= 15 is 0 Å². The Kier molecular flexibility index (Phi) is 4.16. The topological polar surface area (TPSA) is 0 Å². The van der Waals surface area contributed by atoms with Crippen molar-refractivity contribution in [2.75, 3.05) is 5.88 Å². The Morgan fingerprint density at radius 1 is 0.917 bits per heavy atom. The summed E-state index contributed by atoms with van der Waals surface area (Å²) in [6.07, 6.45) is -4.94. The normalized spacial score (nSPS) is 15.0. The molecule has 0 spiro atoms. The summed E-state index contributed by atoms with van der Waals surface area (Å²) in [4.78, 5) is 0. The summed E-state index contributed by atoms with van der Waals surface area (Å²) in [5, 5.41) is 0. The molecule has 0 aromatic rings. The summed E-state index contributed by atoms with van der Waals surface area (Å²) in [7, 11) is 0. The Morgan fingerprint density at radius 3 is 1.33 bits per heavy atom. The van der Waals surface area contributed by atoms with Crippen LogP contribution in [-0.4, -0.2) is 20.7 Å². The van der Waals surface area contributed by atoms with Crippen LogP contribution in [0.3, 0.4) is 0 Å². The molecular weight excluding hydrogens is 282 g/mol. The predicted octanol–water partition coefficient (Wildman–Crippen LogP) is 4.14. The lowest BCUT2D eigenvalue weighted by Crippen LogP contribution is -2.49. The Hall–Kier alpha value is 1.24. The summed E-state index contributed by atoms with van der Waals surface area (Å²) in [6.45, 7) is 0. The van der Waals surface area contributed by atoms with Crippen LogP contribution in [0.15, 0.2) is 0 Å². The molecule has 0 aliphatic carbocycles. The van der Waals surface area contributed by atoms with E-state index in [0.717, 1.165) is 0 Å². The van der Waals surface area contributed by atoms with E-state index in [-0.39, 0.29) is 0 Å². The minimum absolute atomic E-state index is 0.734. The summed E-state index contributed by atoms with van der Waals surface area (Å²) in [5.74, 6) is -0.734. The molecule has 0 saturated heterocycles. The molecule has 0 bridgehead atoms. The van der Waals surface area contributed by atoms with Gasteiger partial charge >= 0.3 is 6.18 Å². The van der Waals surface area contributed by atoms with Crippen molar-refractivity contribution in [3.05, 3.63) is 0 Å². The van der Waals surface area contributed by atoms with E-state index in [4.69, 9.17) is 58.0 Å². The molecule has 0 N–H and O–H groups in total. The van der Waals surface area contributed by atoms with Gasteiger partial charge in [-0.05, 0) is 0 Å². The fraction of sp³-hybridized carbons (Fsp3) is 1.00. The third-order valence-electron chi connectivity index (χ3n) is 0.983. The zero-order valence-corrected chi connectivity index (χ0v) is 9.01. The minimum Gasteiger partial charge on any atom is -0.168 e. The standard InChI is InChI=1S/C4H2Cl5F3/c5-1-2(6,7)3(8,9)4(10,11)12/h1H2. The molecule has 0 aliphatic heterocycles. The van der Waals surface area contributed by atoms with Gasteiger partial charge in [-0.3, -0.25) is 0 Å². The van der Waals surface area contributed by atoms with Gasteiger partial charge in [0.25, 0.3) is 0 Å². The Balaban J connectivity index is 4.85. The fourth-order valence-corrected chi connectivity index (χ4v) is 0.976. The highest BCUT2D eigenvalue weighted by molar-refractivity contribution is 6.64. The molecule has 8 heteroatoms. The van der Waals surface area contributed by atoms with Crippen molar-refractivity contribution >= 4 is 58.0 Å². The first kappa shape index (κ1) is 13.2. The van der Waals surface area contributed by atoms with Gasteiger partial charge in [-0.25, -0.2) is 0 Å². The molecule has 0 aromatic carbocycles. The number of hydrogen-bond donors (Lipinski definition) is 0. The van der Waals surface area contributed by atoms with Gasteiger partial charge in [0, 0.05) is 0 Å².